The van der Waals surface area contributed by atoms with Crippen LogP contribution in [0.15, 0.2) is 133 Å². The summed E-state index contributed by atoms with van der Waals surface area (Å²) in [6.45, 7) is 44.4. The molecule has 0 saturated carbocycles. The Bertz CT molecular complexity index is 4160. The van der Waals surface area contributed by atoms with Gasteiger partial charge in [-0.15, -0.1) is 0 Å². The van der Waals surface area contributed by atoms with Crippen molar-refractivity contribution in [1.29, 1.82) is 0 Å². The minimum Gasteiger partial charge on any atom is -0.505 e. The normalized spacial score (nSPS) is 13.2. The van der Waals surface area contributed by atoms with Gasteiger partial charge in [-0.25, -0.2) is 8.78 Å². The fourth-order valence-corrected chi connectivity index (χ4v) is 12.8. The highest BCUT2D eigenvalue weighted by atomic mass is 19.1. The Balaban J connectivity index is 1.06. The van der Waals surface area contributed by atoms with Crippen molar-refractivity contribution in [1.82, 2.24) is 9.13 Å². The Hall–Kier alpha value is -7.58. The fraction of sp³-hybridized carbons (Fsp3) is 0.392. The first-order chi connectivity index (χ1) is 40.4. The van der Waals surface area contributed by atoms with Crippen LogP contribution >= 0.6 is 0 Å². The molecule has 0 bridgehead atoms. The minimum atomic E-state index is -0.482. The van der Waals surface area contributed by atoms with Crippen molar-refractivity contribution in [2.24, 2.45) is 5.41 Å². The van der Waals surface area contributed by atoms with Gasteiger partial charge in [0.15, 0.2) is 0 Å². The number of phenols is 2. The first-order valence-electron chi connectivity index (χ1n) is 31.2. The number of rotatable bonds is 13. The zero-order valence-electron chi connectivity index (χ0n) is 55.4. The summed E-state index contributed by atoms with van der Waals surface area (Å²) in [6, 6.07) is 43.5. The lowest BCUT2D eigenvalue weighted by molar-refractivity contribution is 0.218. The minimum absolute atomic E-state index is 0.00592. The number of fused-ring (bicyclic) bond motifs is 6. The van der Waals surface area contributed by atoms with E-state index in [9.17, 15) is 10.2 Å². The van der Waals surface area contributed by atoms with Gasteiger partial charge in [0.2, 0.25) is 0 Å². The van der Waals surface area contributed by atoms with Crippen LogP contribution in [0.2, 0.25) is 0 Å². The van der Waals surface area contributed by atoms with Crippen molar-refractivity contribution in [3.8, 4) is 56.6 Å². The van der Waals surface area contributed by atoms with E-state index in [1.807, 2.05) is 12.1 Å². The van der Waals surface area contributed by atoms with E-state index in [0.29, 0.717) is 45.1 Å². The highest BCUT2D eigenvalue weighted by Crippen LogP contribution is 2.50. The fourth-order valence-electron chi connectivity index (χ4n) is 12.8. The van der Waals surface area contributed by atoms with Crippen LogP contribution in [0, 0.1) is 17.0 Å². The molecule has 0 amide bonds. The number of hydrogen-bond acceptors (Lipinski definition) is 4. The van der Waals surface area contributed by atoms with E-state index in [2.05, 4.69) is 233 Å². The summed E-state index contributed by atoms with van der Waals surface area (Å²) in [4.78, 5) is 0. The molecule has 0 radical (unpaired) electrons. The number of nitrogens with zero attached hydrogens (tertiary/aromatic N) is 2. The first-order valence-corrected chi connectivity index (χ1v) is 31.2. The zero-order valence-corrected chi connectivity index (χ0v) is 55.4. The largest absolute Gasteiger partial charge is 0.505 e. The topological polar surface area (TPSA) is 68.8 Å². The third-order valence-corrected chi connectivity index (χ3v) is 18.1. The third-order valence-electron chi connectivity index (χ3n) is 18.1. The lowest BCUT2D eigenvalue weighted by atomic mass is 9.71. The molecular weight excluding hydrogens is 1080 g/mol. The Morgan fingerprint density at radius 1 is 0.356 bits per heavy atom. The molecule has 0 aliphatic heterocycles. The molecule has 8 heteroatoms. The van der Waals surface area contributed by atoms with Crippen molar-refractivity contribution in [2.75, 3.05) is 13.2 Å². The lowest BCUT2D eigenvalue weighted by Gasteiger charge is -2.34. The molecule has 10 rings (SSSR count). The molecule has 0 atom stereocenters. The van der Waals surface area contributed by atoms with Gasteiger partial charge in [-0.3, -0.25) is 0 Å². The van der Waals surface area contributed by atoms with Crippen molar-refractivity contribution in [2.45, 2.75) is 184 Å². The van der Waals surface area contributed by atoms with Gasteiger partial charge in [0, 0.05) is 43.8 Å². The van der Waals surface area contributed by atoms with E-state index in [0.717, 1.165) is 67.6 Å². The molecule has 10 aromatic rings. The van der Waals surface area contributed by atoms with Gasteiger partial charge in [-0.05, 0) is 193 Å². The summed E-state index contributed by atoms with van der Waals surface area (Å²) < 4.78 is 49.4. The molecule has 8 aromatic carbocycles. The highest BCUT2D eigenvalue weighted by Gasteiger charge is 2.33. The average molecular weight is 1170 g/mol. The summed E-state index contributed by atoms with van der Waals surface area (Å²) in [5.41, 5.74) is 12.2. The molecule has 0 saturated heterocycles. The van der Waals surface area contributed by atoms with Crippen molar-refractivity contribution >= 4 is 43.6 Å². The van der Waals surface area contributed by atoms with Gasteiger partial charge in [0.1, 0.15) is 47.8 Å². The lowest BCUT2D eigenvalue weighted by Crippen LogP contribution is -2.25. The van der Waals surface area contributed by atoms with Crippen LogP contribution in [0.5, 0.6) is 23.0 Å². The number of phenolic OH excluding ortho intramolecular Hbond substituents is 2. The van der Waals surface area contributed by atoms with Gasteiger partial charge in [0.25, 0.3) is 0 Å². The van der Waals surface area contributed by atoms with Crippen molar-refractivity contribution in [3.05, 3.63) is 178 Å². The quantitative estimate of drug-likeness (QED) is 0.113. The van der Waals surface area contributed by atoms with Crippen LogP contribution in [0.4, 0.5) is 8.78 Å². The number of halogens is 2. The second-order valence-corrected chi connectivity index (χ2v) is 31.2. The molecule has 87 heavy (non-hydrogen) atoms. The Morgan fingerprint density at radius 3 is 0.954 bits per heavy atom. The van der Waals surface area contributed by atoms with Gasteiger partial charge < -0.3 is 28.8 Å². The summed E-state index contributed by atoms with van der Waals surface area (Å²) in [5, 5.41) is 30.3. The SMILES string of the molecule is CCC(C)(C)c1cc(-c2cc(F)ccc2OCCOc2ccc(F)cc2-c2cc(C(C)(C)CC(C)(C)C)cc(-n3c4ccc(C(C)(C)C)cc4c4cc(C(C)(C)C)ccc43)c2O)c(O)c(-n2c3ccc(C(C)(C)C)cc3c3cc(C(C)(C)C)ccc32)c1. The Morgan fingerprint density at radius 2 is 0.667 bits per heavy atom. The predicted octanol–water partition coefficient (Wildman–Crippen LogP) is 22.0. The summed E-state index contributed by atoms with van der Waals surface area (Å²) in [6.07, 6.45) is 1.63. The standard InChI is InChI=1S/C79H92F2N2O4/c1-21-78(17,18)51-40-61(71(84)67(42-51)82-63-28-22-47(74(5,6)7)36-55(63)56-37-48(75(8,9)10)23-29-64(56)82)59-44-53(80)26-32-69(59)86-34-35-87-70-33-27-54(81)45-60(70)62-41-52(79(19,20)46-73(2,3)4)43-68(72(62)85)83-65-30-24-49(76(11,12)13)38-57(65)58-39-50(77(14,15)16)25-31-66(58)83/h22-33,36-45,84-85H,21,34-35,46H2,1-20H3. The Kier molecular flexibility index (Phi) is 15.7. The van der Waals surface area contributed by atoms with Gasteiger partial charge in [-0.2, -0.15) is 0 Å². The number of aromatic nitrogens is 2. The number of ether oxygens (including phenoxy) is 2. The van der Waals surface area contributed by atoms with Crippen molar-refractivity contribution in [3.63, 3.8) is 0 Å². The van der Waals surface area contributed by atoms with Gasteiger partial charge in [0.05, 0.1) is 33.4 Å². The smallest absolute Gasteiger partial charge is 0.147 e. The molecule has 456 valence electrons. The molecule has 0 spiro atoms. The van der Waals surface area contributed by atoms with E-state index in [1.165, 1.54) is 46.5 Å². The van der Waals surface area contributed by atoms with Crippen molar-refractivity contribution < 1.29 is 28.5 Å². The second-order valence-electron chi connectivity index (χ2n) is 31.2. The maximum Gasteiger partial charge on any atom is 0.147 e. The maximum atomic E-state index is 16.0. The molecule has 2 heterocycles. The Labute approximate surface area is 516 Å². The molecule has 0 unspecified atom stereocenters. The van der Waals surface area contributed by atoms with E-state index in [4.69, 9.17) is 9.47 Å². The summed E-state index contributed by atoms with van der Waals surface area (Å²) in [5.74, 6) is -0.280. The third kappa shape index (κ3) is 12.1. The number of aromatic hydroxyl groups is 2. The van der Waals surface area contributed by atoms with Gasteiger partial charge in [-0.1, -0.05) is 163 Å². The molecule has 0 aliphatic rings. The van der Waals surface area contributed by atoms with E-state index < -0.39 is 17.0 Å². The average Bonchev–Trinajstić information content (AvgIpc) is 1.65. The number of hydrogen-bond donors (Lipinski definition) is 2. The molecule has 2 N–H and O–H groups in total. The van der Waals surface area contributed by atoms with E-state index in [-0.39, 0.29) is 57.2 Å². The highest BCUT2D eigenvalue weighted by molar-refractivity contribution is 6.11. The van der Waals surface area contributed by atoms with Crippen LogP contribution < -0.4 is 9.47 Å². The van der Waals surface area contributed by atoms with Crippen LogP contribution in [-0.2, 0) is 32.5 Å². The van der Waals surface area contributed by atoms with Crippen LogP contribution in [-0.4, -0.2) is 32.6 Å². The summed E-state index contributed by atoms with van der Waals surface area (Å²) >= 11 is 0. The van der Waals surface area contributed by atoms with Crippen LogP contribution in [0.3, 0.4) is 0 Å². The monoisotopic (exact) mass is 1170 g/mol. The summed E-state index contributed by atoms with van der Waals surface area (Å²) in [7, 11) is 0. The van der Waals surface area contributed by atoms with Crippen LogP contribution in [0.1, 0.15) is 185 Å². The molecular formula is C79H92F2N2O4. The molecule has 0 aliphatic carbocycles. The first kappa shape index (κ1) is 62.5. The molecule has 6 nitrogen and oxygen atoms in total. The zero-order chi connectivity index (χ0) is 63.5. The van der Waals surface area contributed by atoms with E-state index in [1.54, 1.807) is 12.1 Å². The maximum absolute atomic E-state index is 16.0. The van der Waals surface area contributed by atoms with Gasteiger partial charge >= 0.3 is 0 Å². The molecule has 2 aromatic heterocycles. The predicted molar refractivity (Wildman–Crippen MR) is 362 cm³/mol. The van der Waals surface area contributed by atoms with Crippen LogP contribution in [0.25, 0.3) is 77.2 Å². The molecule has 0 fully saturated rings. The van der Waals surface area contributed by atoms with E-state index >= 15 is 8.78 Å². The number of benzene rings is 8. The second kappa shape index (κ2) is 21.9.